The van der Waals surface area contributed by atoms with Gasteiger partial charge in [0.15, 0.2) is 0 Å². The smallest absolute Gasteiger partial charge is 0.240 e. The fourth-order valence-electron chi connectivity index (χ4n) is 1.66. The largest absolute Gasteiger partial charge is 0.388 e. The van der Waals surface area contributed by atoms with Gasteiger partial charge in [-0.05, 0) is 37.3 Å². The maximum Gasteiger partial charge on any atom is 0.240 e. The van der Waals surface area contributed by atoms with Gasteiger partial charge in [0.05, 0.1) is 17.1 Å². The number of hydrogen-bond acceptors (Lipinski definition) is 5. The van der Waals surface area contributed by atoms with Crippen LogP contribution in [0.3, 0.4) is 0 Å². The average molecular weight is 292 g/mol. The third-order valence-electron chi connectivity index (χ3n) is 2.73. The highest BCUT2D eigenvalue weighted by Gasteiger charge is 2.13. The van der Waals surface area contributed by atoms with Gasteiger partial charge in [-0.3, -0.25) is 0 Å². The van der Waals surface area contributed by atoms with Crippen LogP contribution in [0.15, 0.2) is 41.4 Å². The molecule has 0 saturated carbocycles. The van der Waals surface area contributed by atoms with Crippen molar-refractivity contribution in [1.29, 1.82) is 0 Å². The topological polar surface area (TPSA) is 84.0 Å². The second kappa shape index (κ2) is 5.98. The number of rotatable bonds is 5. The van der Waals surface area contributed by atoms with Gasteiger partial charge in [-0.2, -0.15) is 0 Å². The second-order valence-corrected chi connectivity index (χ2v) is 5.96. The van der Waals surface area contributed by atoms with Crippen LogP contribution < -0.4 is 10.0 Å². The minimum atomic E-state index is -3.53. The molecule has 0 atom stereocenters. The molecule has 0 radical (unpaired) electrons. The lowest BCUT2D eigenvalue weighted by Crippen LogP contribution is -2.23. The molecule has 2 rings (SSSR count). The quantitative estimate of drug-likeness (QED) is 0.868. The molecule has 0 aliphatic carbocycles. The Hall–Kier alpha value is -1.99. The molecular weight excluding hydrogens is 276 g/mol. The Morgan fingerprint density at radius 1 is 1.15 bits per heavy atom. The van der Waals surface area contributed by atoms with Gasteiger partial charge in [0, 0.05) is 18.9 Å². The molecular formula is C13H16N4O2S. The van der Waals surface area contributed by atoms with Crippen molar-refractivity contribution < 1.29 is 8.42 Å². The lowest BCUT2D eigenvalue weighted by atomic mass is 10.3. The zero-order chi connectivity index (χ0) is 14.6. The van der Waals surface area contributed by atoms with Crippen molar-refractivity contribution in [2.24, 2.45) is 0 Å². The van der Waals surface area contributed by atoms with E-state index in [4.69, 9.17) is 0 Å². The summed E-state index contributed by atoms with van der Waals surface area (Å²) in [6.45, 7) is 1.90. The first kappa shape index (κ1) is 14.4. The number of aromatic nitrogens is 2. The van der Waals surface area contributed by atoms with Gasteiger partial charge in [-0.1, -0.05) is 0 Å². The van der Waals surface area contributed by atoms with Crippen LogP contribution in [0.25, 0.3) is 0 Å². The highest BCUT2D eigenvalue weighted by molar-refractivity contribution is 7.89. The number of anilines is 1. The van der Waals surface area contributed by atoms with Crippen LogP contribution in [0.5, 0.6) is 0 Å². The summed E-state index contributed by atoms with van der Waals surface area (Å²) in [4.78, 5) is 8.34. The lowest BCUT2D eigenvalue weighted by Gasteiger charge is -2.07. The number of sulfonamides is 1. The van der Waals surface area contributed by atoms with Crippen molar-refractivity contribution in [2.45, 2.75) is 18.4 Å². The SMILES string of the molecule is CNc1ccc(S(=O)(=O)NCc2ccnc(C)n2)cc1. The molecule has 106 valence electrons. The molecule has 20 heavy (non-hydrogen) atoms. The Kier molecular flexibility index (Phi) is 4.31. The second-order valence-electron chi connectivity index (χ2n) is 4.19. The molecule has 0 saturated heterocycles. The van der Waals surface area contributed by atoms with Crippen LogP contribution >= 0.6 is 0 Å². The van der Waals surface area contributed by atoms with E-state index in [1.807, 2.05) is 0 Å². The van der Waals surface area contributed by atoms with Gasteiger partial charge >= 0.3 is 0 Å². The van der Waals surface area contributed by atoms with Crippen LogP contribution in [0, 0.1) is 6.92 Å². The Morgan fingerprint density at radius 3 is 2.45 bits per heavy atom. The van der Waals surface area contributed by atoms with Crippen molar-refractivity contribution in [3.05, 3.63) is 48.0 Å². The fraction of sp³-hybridized carbons (Fsp3) is 0.231. The monoisotopic (exact) mass is 292 g/mol. The van der Waals surface area contributed by atoms with Crippen LogP contribution in [-0.2, 0) is 16.6 Å². The molecule has 1 aromatic carbocycles. The maximum absolute atomic E-state index is 12.1. The van der Waals surface area contributed by atoms with E-state index in [0.717, 1.165) is 5.69 Å². The van der Waals surface area contributed by atoms with E-state index in [9.17, 15) is 8.42 Å². The Labute approximate surface area is 118 Å². The molecule has 0 amide bonds. The molecule has 0 spiro atoms. The summed E-state index contributed by atoms with van der Waals surface area (Å²) >= 11 is 0. The van der Waals surface area contributed by atoms with E-state index in [2.05, 4.69) is 20.0 Å². The van der Waals surface area contributed by atoms with Gasteiger partial charge in [-0.15, -0.1) is 0 Å². The number of nitrogens with zero attached hydrogens (tertiary/aromatic N) is 2. The van der Waals surface area contributed by atoms with Gasteiger partial charge in [0.1, 0.15) is 5.82 Å². The number of nitrogens with one attached hydrogen (secondary N) is 2. The van der Waals surface area contributed by atoms with Crippen LogP contribution in [0.4, 0.5) is 5.69 Å². The van der Waals surface area contributed by atoms with E-state index >= 15 is 0 Å². The summed E-state index contributed by atoms with van der Waals surface area (Å²) in [6.07, 6.45) is 1.60. The lowest BCUT2D eigenvalue weighted by molar-refractivity contribution is 0.580. The number of hydrogen-bond donors (Lipinski definition) is 2. The van der Waals surface area contributed by atoms with Crippen LogP contribution in [0.2, 0.25) is 0 Å². The van der Waals surface area contributed by atoms with E-state index in [1.54, 1.807) is 50.5 Å². The third kappa shape index (κ3) is 3.52. The van der Waals surface area contributed by atoms with Crippen LogP contribution in [0.1, 0.15) is 11.5 Å². The predicted octanol–water partition coefficient (Wildman–Crippen LogP) is 1.31. The van der Waals surface area contributed by atoms with Crippen molar-refractivity contribution in [3.63, 3.8) is 0 Å². The van der Waals surface area contributed by atoms with Gasteiger partial charge < -0.3 is 5.32 Å². The summed E-state index contributed by atoms with van der Waals surface area (Å²) in [5.41, 5.74) is 1.49. The zero-order valence-corrected chi connectivity index (χ0v) is 12.1. The molecule has 1 heterocycles. The summed E-state index contributed by atoms with van der Waals surface area (Å²) in [5.74, 6) is 0.611. The average Bonchev–Trinajstić information content (AvgIpc) is 2.45. The normalized spacial score (nSPS) is 11.3. The molecule has 0 unspecified atom stereocenters. The summed E-state index contributed by atoms with van der Waals surface area (Å²) in [7, 11) is -1.76. The van der Waals surface area contributed by atoms with Gasteiger partial charge in [0.2, 0.25) is 10.0 Å². The first-order valence-corrected chi connectivity index (χ1v) is 7.55. The predicted molar refractivity (Wildman–Crippen MR) is 76.8 cm³/mol. The van der Waals surface area contributed by atoms with E-state index in [1.165, 1.54) is 0 Å². The number of benzene rings is 1. The summed E-state index contributed by atoms with van der Waals surface area (Å²) in [6, 6.07) is 8.21. The fourth-order valence-corrected chi connectivity index (χ4v) is 2.66. The Bertz CT molecular complexity index is 684. The van der Waals surface area contributed by atoms with Crippen molar-refractivity contribution in [2.75, 3.05) is 12.4 Å². The standard InChI is InChI=1S/C13H16N4O2S/c1-10-15-8-7-12(17-10)9-16-20(18,19)13-5-3-11(14-2)4-6-13/h3-8,14,16H,9H2,1-2H3. The minimum Gasteiger partial charge on any atom is -0.388 e. The first-order chi connectivity index (χ1) is 9.51. The maximum atomic E-state index is 12.1. The highest BCUT2D eigenvalue weighted by Crippen LogP contribution is 2.13. The van der Waals surface area contributed by atoms with Crippen molar-refractivity contribution in [1.82, 2.24) is 14.7 Å². The molecule has 2 aromatic rings. The molecule has 6 nitrogen and oxygen atoms in total. The Balaban J connectivity index is 2.10. The molecule has 0 bridgehead atoms. The molecule has 2 N–H and O–H groups in total. The first-order valence-electron chi connectivity index (χ1n) is 6.07. The molecule has 1 aromatic heterocycles. The van der Waals surface area contributed by atoms with E-state index in [0.29, 0.717) is 11.5 Å². The minimum absolute atomic E-state index is 0.138. The van der Waals surface area contributed by atoms with Crippen molar-refractivity contribution in [3.8, 4) is 0 Å². The molecule has 7 heteroatoms. The summed E-state index contributed by atoms with van der Waals surface area (Å²) in [5, 5.41) is 2.94. The van der Waals surface area contributed by atoms with E-state index < -0.39 is 10.0 Å². The third-order valence-corrected chi connectivity index (χ3v) is 4.15. The Morgan fingerprint density at radius 2 is 1.85 bits per heavy atom. The molecule has 0 aliphatic rings. The van der Waals surface area contributed by atoms with Crippen LogP contribution in [-0.4, -0.2) is 25.4 Å². The highest BCUT2D eigenvalue weighted by atomic mass is 32.2. The van der Waals surface area contributed by atoms with Gasteiger partial charge in [0.25, 0.3) is 0 Å². The zero-order valence-electron chi connectivity index (χ0n) is 11.3. The van der Waals surface area contributed by atoms with Crippen molar-refractivity contribution >= 4 is 15.7 Å². The number of aryl methyl sites for hydroxylation is 1. The molecule has 0 fully saturated rings. The molecule has 0 aliphatic heterocycles. The van der Waals surface area contributed by atoms with E-state index in [-0.39, 0.29) is 11.4 Å². The van der Waals surface area contributed by atoms with Gasteiger partial charge in [-0.25, -0.2) is 23.1 Å². The summed E-state index contributed by atoms with van der Waals surface area (Å²) < 4.78 is 26.7.